The Morgan fingerprint density at radius 3 is 1.41 bits per heavy atom. The van der Waals surface area contributed by atoms with E-state index in [9.17, 15) is 0 Å². The van der Waals surface area contributed by atoms with Crippen molar-refractivity contribution in [2.24, 2.45) is 0 Å². The van der Waals surface area contributed by atoms with Crippen molar-refractivity contribution in [3.63, 3.8) is 0 Å². The summed E-state index contributed by atoms with van der Waals surface area (Å²) < 4.78 is 5.91. The van der Waals surface area contributed by atoms with Crippen molar-refractivity contribution in [2.75, 3.05) is 6.61 Å². The van der Waals surface area contributed by atoms with Crippen molar-refractivity contribution >= 4 is 8.32 Å². The molecule has 0 aliphatic heterocycles. The van der Waals surface area contributed by atoms with Crippen LogP contribution in [0.25, 0.3) is 0 Å². The standard InChI is InChI=1S/C20H42OSi/c1-5-7-8-9-10-11-12-13-14-15-16-17-18-19-20-21-22(3,4)6-2/h6H,2,5,7-20H2,1,3-4H3. The molecule has 0 amide bonds. The molecule has 0 fully saturated rings. The Bertz CT molecular complexity index is 238. The number of unbranched alkanes of at least 4 members (excludes halogenated alkanes) is 13. The van der Waals surface area contributed by atoms with Crippen LogP contribution in [0, 0.1) is 0 Å². The van der Waals surface area contributed by atoms with Crippen molar-refractivity contribution in [1.29, 1.82) is 0 Å². The molecule has 0 unspecified atom stereocenters. The molecule has 0 aromatic rings. The van der Waals surface area contributed by atoms with Gasteiger partial charge in [-0.3, -0.25) is 0 Å². The first-order chi connectivity index (χ1) is 10.6. The Labute approximate surface area is 142 Å². The zero-order valence-corrected chi connectivity index (χ0v) is 16.8. The van der Waals surface area contributed by atoms with Gasteiger partial charge in [0.2, 0.25) is 8.32 Å². The maximum atomic E-state index is 5.91. The zero-order chi connectivity index (χ0) is 16.5. The van der Waals surface area contributed by atoms with Gasteiger partial charge in [-0.15, -0.1) is 6.58 Å². The first-order valence-electron chi connectivity index (χ1n) is 9.90. The average Bonchev–Trinajstić information content (AvgIpc) is 2.51. The van der Waals surface area contributed by atoms with Gasteiger partial charge in [0.15, 0.2) is 0 Å². The van der Waals surface area contributed by atoms with E-state index in [1.165, 1.54) is 89.9 Å². The Morgan fingerprint density at radius 2 is 1.05 bits per heavy atom. The quantitative estimate of drug-likeness (QED) is 0.200. The molecule has 0 radical (unpaired) electrons. The molecule has 0 heterocycles. The van der Waals surface area contributed by atoms with Gasteiger partial charge < -0.3 is 4.43 Å². The topological polar surface area (TPSA) is 9.23 Å². The van der Waals surface area contributed by atoms with Crippen LogP contribution in [0.15, 0.2) is 12.3 Å². The summed E-state index contributed by atoms with van der Waals surface area (Å²) in [6.07, 6.45) is 19.8. The molecule has 0 rings (SSSR count). The molecule has 0 saturated heterocycles. The van der Waals surface area contributed by atoms with Crippen LogP contribution in [0.4, 0.5) is 0 Å². The Kier molecular flexibility index (Phi) is 15.7. The number of hydrogen-bond acceptors (Lipinski definition) is 1. The highest BCUT2D eigenvalue weighted by Crippen LogP contribution is 2.13. The van der Waals surface area contributed by atoms with Crippen LogP contribution in [0.1, 0.15) is 96.8 Å². The van der Waals surface area contributed by atoms with Gasteiger partial charge in [-0.1, -0.05) is 96.1 Å². The van der Waals surface area contributed by atoms with Crippen LogP contribution in [-0.4, -0.2) is 14.9 Å². The molecule has 0 aliphatic rings. The van der Waals surface area contributed by atoms with Gasteiger partial charge in [0.05, 0.1) is 0 Å². The van der Waals surface area contributed by atoms with Crippen molar-refractivity contribution in [3.05, 3.63) is 12.3 Å². The molecule has 0 atom stereocenters. The molecule has 0 saturated carbocycles. The molecule has 0 aromatic carbocycles. The van der Waals surface area contributed by atoms with E-state index >= 15 is 0 Å². The van der Waals surface area contributed by atoms with Gasteiger partial charge in [0, 0.05) is 6.61 Å². The maximum absolute atomic E-state index is 5.91. The van der Waals surface area contributed by atoms with Crippen LogP contribution in [-0.2, 0) is 4.43 Å². The summed E-state index contributed by atoms with van der Waals surface area (Å²) in [7, 11) is -1.52. The minimum atomic E-state index is -1.52. The van der Waals surface area contributed by atoms with E-state index in [-0.39, 0.29) is 0 Å². The van der Waals surface area contributed by atoms with Gasteiger partial charge in [0.1, 0.15) is 0 Å². The molecular formula is C20H42OSi. The number of hydrogen-bond donors (Lipinski definition) is 0. The third-order valence-electron chi connectivity index (χ3n) is 4.46. The van der Waals surface area contributed by atoms with Crippen LogP contribution >= 0.6 is 0 Å². The molecular weight excluding hydrogens is 284 g/mol. The predicted molar refractivity (Wildman–Crippen MR) is 104 cm³/mol. The molecule has 132 valence electrons. The predicted octanol–water partition coefficient (Wildman–Crippen LogP) is 7.41. The summed E-state index contributed by atoms with van der Waals surface area (Å²) in [5.74, 6) is 0. The van der Waals surface area contributed by atoms with Gasteiger partial charge in [-0.2, -0.15) is 0 Å². The minimum absolute atomic E-state index is 0.934. The average molecular weight is 327 g/mol. The highest BCUT2D eigenvalue weighted by Gasteiger charge is 2.16. The van der Waals surface area contributed by atoms with Crippen LogP contribution in [0.2, 0.25) is 13.1 Å². The fourth-order valence-electron chi connectivity index (χ4n) is 2.69. The van der Waals surface area contributed by atoms with E-state index in [0.29, 0.717) is 0 Å². The van der Waals surface area contributed by atoms with Crippen molar-refractivity contribution < 1.29 is 4.43 Å². The fraction of sp³-hybridized carbons (Fsp3) is 0.900. The second-order valence-corrected chi connectivity index (χ2v) is 11.2. The normalized spacial score (nSPS) is 11.8. The van der Waals surface area contributed by atoms with Crippen molar-refractivity contribution in [2.45, 2.75) is 110 Å². The Morgan fingerprint density at radius 1 is 0.682 bits per heavy atom. The van der Waals surface area contributed by atoms with Gasteiger partial charge >= 0.3 is 0 Å². The summed E-state index contributed by atoms with van der Waals surface area (Å²) in [6.45, 7) is 11.5. The van der Waals surface area contributed by atoms with Crippen LogP contribution in [0.5, 0.6) is 0 Å². The number of rotatable bonds is 17. The van der Waals surface area contributed by atoms with E-state index in [4.69, 9.17) is 4.43 Å². The maximum Gasteiger partial charge on any atom is 0.210 e. The first kappa shape index (κ1) is 21.9. The smallest absolute Gasteiger partial charge is 0.210 e. The van der Waals surface area contributed by atoms with E-state index < -0.39 is 8.32 Å². The molecule has 2 heteroatoms. The van der Waals surface area contributed by atoms with Crippen molar-refractivity contribution in [3.8, 4) is 0 Å². The second-order valence-electron chi connectivity index (χ2n) is 7.25. The molecule has 22 heavy (non-hydrogen) atoms. The third kappa shape index (κ3) is 16.3. The summed E-state index contributed by atoms with van der Waals surface area (Å²) in [5, 5.41) is 0. The van der Waals surface area contributed by atoms with Gasteiger partial charge in [0.25, 0.3) is 0 Å². The van der Waals surface area contributed by atoms with E-state index in [1.807, 2.05) is 5.70 Å². The molecule has 0 spiro atoms. The second kappa shape index (κ2) is 15.8. The summed E-state index contributed by atoms with van der Waals surface area (Å²) in [6, 6.07) is 0. The summed E-state index contributed by atoms with van der Waals surface area (Å²) in [4.78, 5) is 0. The van der Waals surface area contributed by atoms with E-state index in [0.717, 1.165) is 6.61 Å². The lowest BCUT2D eigenvalue weighted by molar-refractivity contribution is 0.301. The lowest BCUT2D eigenvalue weighted by Crippen LogP contribution is -2.27. The van der Waals surface area contributed by atoms with Crippen LogP contribution < -0.4 is 0 Å². The Balaban J connectivity index is 3.07. The molecule has 0 aromatic heterocycles. The molecule has 1 nitrogen and oxygen atoms in total. The molecule has 0 bridgehead atoms. The monoisotopic (exact) mass is 326 g/mol. The first-order valence-corrected chi connectivity index (χ1v) is 12.9. The van der Waals surface area contributed by atoms with Gasteiger partial charge in [-0.05, 0) is 19.5 Å². The third-order valence-corrected chi connectivity index (χ3v) is 6.39. The molecule has 0 N–H and O–H groups in total. The minimum Gasteiger partial charge on any atom is -0.414 e. The SMILES string of the molecule is C=C[Si](C)(C)OCCCCCCCCCCCCCCCC. The largest absolute Gasteiger partial charge is 0.414 e. The van der Waals surface area contributed by atoms with Crippen LogP contribution in [0.3, 0.4) is 0 Å². The highest BCUT2D eigenvalue weighted by atomic mass is 28.4. The Hall–Kier alpha value is -0.0831. The van der Waals surface area contributed by atoms with E-state index in [1.54, 1.807) is 0 Å². The highest BCUT2D eigenvalue weighted by molar-refractivity contribution is 6.76. The summed E-state index contributed by atoms with van der Waals surface area (Å²) >= 11 is 0. The van der Waals surface area contributed by atoms with E-state index in [2.05, 4.69) is 26.6 Å². The van der Waals surface area contributed by atoms with Gasteiger partial charge in [-0.25, -0.2) is 0 Å². The summed E-state index contributed by atoms with van der Waals surface area (Å²) in [5.41, 5.74) is 2.02. The van der Waals surface area contributed by atoms with Crippen molar-refractivity contribution in [1.82, 2.24) is 0 Å². The fourth-order valence-corrected chi connectivity index (χ4v) is 3.48. The lowest BCUT2D eigenvalue weighted by atomic mass is 10.0. The molecule has 0 aliphatic carbocycles. The zero-order valence-electron chi connectivity index (χ0n) is 15.8. The lowest BCUT2D eigenvalue weighted by Gasteiger charge is -2.17.